The zero-order valence-electron chi connectivity index (χ0n) is 9.04. The normalized spacial score (nSPS) is 18.3. The standard InChI is InChI=1S/C11H9NO5S/c13-7-2-1-5(3-6(7)10(15)16)4-8-9(14)12-11(18)17-8/h1-3,8,13H,4H2,(H,15,16)(H,12,14,18). The van der Waals surface area contributed by atoms with E-state index in [4.69, 9.17) is 9.84 Å². The number of carboxylic acids is 1. The van der Waals surface area contributed by atoms with E-state index in [2.05, 4.69) is 17.5 Å². The van der Waals surface area contributed by atoms with Gasteiger partial charge in [0.2, 0.25) is 0 Å². The molecule has 1 heterocycles. The Balaban J connectivity index is 2.20. The summed E-state index contributed by atoms with van der Waals surface area (Å²) in [5, 5.41) is 20.6. The molecule has 0 saturated carbocycles. The van der Waals surface area contributed by atoms with Crippen molar-refractivity contribution in [3.05, 3.63) is 29.3 Å². The molecule has 0 bridgehead atoms. The summed E-state index contributed by atoms with van der Waals surface area (Å²) in [6, 6.07) is 4.10. The van der Waals surface area contributed by atoms with Crippen LogP contribution in [0.25, 0.3) is 0 Å². The van der Waals surface area contributed by atoms with Crippen molar-refractivity contribution in [1.29, 1.82) is 0 Å². The van der Waals surface area contributed by atoms with Crippen molar-refractivity contribution < 1.29 is 24.5 Å². The van der Waals surface area contributed by atoms with Gasteiger partial charge in [-0.05, 0) is 29.9 Å². The first-order valence-electron chi connectivity index (χ1n) is 5.04. The molecule has 1 fully saturated rings. The lowest BCUT2D eigenvalue weighted by Gasteiger charge is -2.08. The van der Waals surface area contributed by atoms with Crippen LogP contribution in [-0.4, -0.2) is 33.4 Å². The van der Waals surface area contributed by atoms with Crippen LogP contribution >= 0.6 is 12.2 Å². The molecule has 0 radical (unpaired) electrons. The van der Waals surface area contributed by atoms with Gasteiger partial charge in [-0.25, -0.2) is 4.79 Å². The highest BCUT2D eigenvalue weighted by Crippen LogP contribution is 2.20. The van der Waals surface area contributed by atoms with E-state index in [1.54, 1.807) is 0 Å². The third-order valence-electron chi connectivity index (χ3n) is 2.48. The van der Waals surface area contributed by atoms with Crippen molar-refractivity contribution in [2.45, 2.75) is 12.5 Å². The predicted octanol–water partition coefficient (Wildman–Crippen LogP) is 0.433. The molecule has 3 N–H and O–H groups in total. The number of carbonyl (C=O) groups is 2. The number of amides is 1. The van der Waals surface area contributed by atoms with Gasteiger partial charge in [-0.15, -0.1) is 0 Å². The van der Waals surface area contributed by atoms with Crippen LogP contribution in [0.15, 0.2) is 18.2 Å². The quantitative estimate of drug-likeness (QED) is 0.687. The minimum Gasteiger partial charge on any atom is -0.507 e. The molecule has 0 aromatic heterocycles. The lowest BCUT2D eigenvalue weighted by Crippen LogP contribution is -2.25. The van der Waals surface area contributed by atoms with E-state index >= 15 is 0 Å². The number of carboxylic acid groups (broad SMARTS) is 1. The SMILES string of the molecule is O=C(O)c1cc(CC2OC(=S)NC2=O)ccc1O. The number of aromatic carboxylic acids is 1. The van der Waals surface area contributed by atoms with Crippen LogP contribution < -0.4 is 5.32 Å². The van der Waals surface area contributed by atoms with E-state index in [0.29, 0.717) is 5.56 Å². The molecule has 1 amide bonds. The van der Waals surface area contributed by atoms with Gasteiger partial charge in [0.15, 0.2) is 6.10 Å². The van der Waals surface area contributed by atoms with Gasteiger partial charge in [0.1, 0.15) is 11.3 Å². The van der Waals surface area contributed by atoms with Gasteiger partial charge < -0.3 is 14.9 Å². The van der Waals surface area contributed by atoms with Crippen LogP contribution in [0.3, 0.4) is 0 Å². The molecule has 1 aromatic carbocycles. The molecule has 0 spiro atoms. The first-order chi connectivity index (χ1) is 8.47. The monoisotopic (exact) mass is 267 g/mol. The average molecular weight is 267 g/mol. The van der Waals surface area contributed by atoms with Crippen molar-refractivity contribution in [2.24, 2.45) is 0 Å². The van der Waals surface area contributed by atoms with Crippen LogP contribution in [0.1, 0.15) is 15.9 Å². The fraction of sp³-hybridized carbons (Fsp3) is 0.182. The van der Waals surface area contributed by atoms with Crippen molar-refractivity contribution in [3.8, 4) is 5.75 Å². The minimum absolute atomic E-state index is 0.0160. The van der Waals surface area contributed by atoms with Gasteiger partial charge in [-0.2, -0.15) is 0 Å². The molecule has 0 aliphatic carbocycles. The van der Waals surface area contributed by atoms with E-state index in [0.717, 1.165) is 0 Å². The lowest BCUT2D eigenvalue weighted by molar-refractivity contribution is -0.123. The molecule has 6 nitrogen and oxygen atoms in total. The molecule has 1 aliphatic heterocycles. The van der Waals surface area contributed by atoms with Crippen LogP contribution in [0.4, 0.5) is 0 Å². The highest BCUT2D eigenvalue weighted by molar-refractivity contribution is 7.80. The highest BCUT2D eigenvalue weighted by atomic mass is 32.1. The fourth-order valence-corrected chi connectivity index (χ4v) is 1.84. The summed E-state index contributed by atoms with van der Waals surface area (Å²) < 4.78 is 5.07. The van der Waals surface area contributed by atoms with Gasteiger partial charge >= 0.3 is 5.97 Å². The van der Waals surface area contributed by atoms with Gasteiger partial charge in [-0.3, -0.25) is 10.1 Å². The van der Waals surface area contributed by atoms with Crippen molar-refractivity contribution in [1.82, 2.24) is 5.32 Å². The third kappa shape index (κ3) is 2.40. The number of aromatic hydroxyl groups is 1. The predicted molar refractivity (Wildman–Crippen MR) is 64.4 cm³/mol. The van der Waals surface area contributed by atoms with Crippen molar-refractivity contribution in [2.75, 3.05) is 0 Å². The van der Waals surface area contributed by atoms with E-state index in [1.165, 1.54) is 18.2 Å². The van der Waals surface area contributed by atoms with Gasteiger partial charge in [-0.1, -0.05) is 6.07 Å². The number of thiocarbonyl (C=S) groups is 1. The Hall–Kier alpha value is -2.15. The Labute approximate surface area is 107 Å². The molecule has 2 rings (SSSR count). The maximum atomic E-state index is 11.4. The summed E-state index contributed by atoms with van der Waals surface area (Å²) in [4.78, 5) is 22.2. The Kier molecular flexibility index (Phi) is 3.15. The second-order valence-electron chi connectivity index (χ2n) is 3.74. The first kappa shape index (κ1) is 12.3. The number of nitrogens with one attached hydrogen (secondary N) is 1. The lowest BCUT2D eigenvalue weighted by atomic mass is 10.0. The Bertz CT molecular complexity index is 542. The summed E-state index contributed by atoms with van der Waals surface area (Å²) in [5.41, 5.74) is 0.350. The van der Waals surface area contributed by atoms with Crippen molar-refractivity contribution in [3.63, 3.8) is 0 Å². The minimum atomic E-state index is -1.23. The maximum Gasteiger partial charge on any atom is 0.339 e. The molecule has 18 heavy (non-hydrogen) atoms. The Morgan fingerprint density at radius 2 is 2.22 bits per heavy atom. The van der Waals surface area contributed by atoms with Crippen LogP contribution in [-0.2, 0) is 16.0 Å². The third-order valence-corrected chi connectivity index (χ3v) is 2.68. The molecular formula is C11H9NO5S. The second-order valence-corrected chi connectivity index (χ2v) is 4.11. The zero-order chi connectivity index (χ0) is 13.3. The summed E-state index contributed by atoms with van der Waals surface area (Å²) in [7, 11) is 0. The molecule has 1 aromatic rings. The number of ether oxygens (including phenoxy) is 1. The van der Waals surface area contributed by atoms with Gasteiger partial charge in [0, 0.05) is 6.42 Å². The average Bonchev–Trinajstić information content (AvgIpc) is 2.60. The number of benzene rings is 1. The highest BCUT2D eigenvalue weighted by Gasteiger charge is 2.30. The van der Waals surface area contributed by atoms with Crippen LogP contribution in [0.2, 0.25) is 0 Å². The smallest absolute Gasteiger partial charge is 0.339 e. The Morgan fingerprint density at radius 1 is 1.50 bits per heavy atom. The summed E-state index contributed by atoms with van der Waals surface area (Å²) >= 11 is 4.69. The van der Waals surface area contributed by atoms with Gasteiger partial charge in [0.05, 0.1) is 0 Å². The molecule has 1 unspecified atom stereocenters. The largest absolute Gasteiger partial charge is 0.507 e. The first-order valence-corrected chi connectivity index (χ1v) is 5.45. The second kappa shape index (κ2) is 4.61. The van der Waals surface area contributed by atoms with Crippen LogP contribution in [0, 0.1) is 0 Å². The van der Waals surface area contributed by atoms with Crippen LogP contribution in [0.5, 0.6) is 5.75 Å². The van der Waals surface area contributed by atoms with Gasteiger partial charge in [0.25, 0.3) is 11.1 Å². The number of hydrogen-bond acceptors (Lipinski definition) is 5. The van der Waals surface area contributed by atoms with E-state index in [-0.39, 0.29) is 28.8 Å². The molecule has 1 atom stereocenters. The number of hydrogen-bond donors (Lipinski definition) is 3. The summed E-state index contributed by atoms with van der Waals surface area (Å²) in [6.07, 6.45) is -0.573. The fourth-order valence-electron chi connectivity index (χ4n) is 1.62. The van der Waals surface area contributed by atoms with Crippen molar-refractivity contribution >= 4 is 29.3 Å². The summed E-state index contributed by atoms with van der Waals surface area (Å²) in [5.74, 6) is -1.91. The topological polar surface area (TPSA) is 95.9 Å². The molecule has 1 aliphatic rings. The van der Waals surface area contributed by atoms with E-state index < -0.39 is 12.1 Å². The molecule has 1 saturated heterocycles. The molecule has 7 heteroatoms. The zero-order valence-corrected chi connectivity index (χ0v) is 9.86. The number of rotatable bonds is 3. The number of carbonyl (C=O) groups excluding carboxylic acids is 1. The molecular weight excluding hydrogens is 258 g/mol. The van der Waals surface area contributed by atoms with E-state index in [9.17, 15) is 14.7 Å². The Morgan fingerprint density at radius 3 is 2.78 bits per heavy atom. The number of phenols is 1. The maximum absolute atomic E-state index is 11.4. The molecule has 94 valence electrons. The van der Waals surface area contributed by atoms with E-state index in [1.807, 2.05) is 0 Å². The summed E-state index contributed by atoms with van der Waals surface area (Å²) in [6.45, 7) is 0.